The third-order valence-electron chi connectivity index (χ3n) is 3.18. The van der Waals surface area contributed by atoms with Crippen molar-refractivity contribution in [2.75, 3.05) is 0 Å². The van der Waals surface area contributed by atoms with Crippen molar-refractivity contribution < 1.29 is 4.79 Å². The SMILES string of the molecule is NC(=O)n1cc(-c2ccns2)nc1CCC1CC1. The molecule has 0 saturated heterocycles. The van der Waals surface area contributed by atoms with Gasteiger partial charge >= 0.3 is 6.03 Å². The summed E-state index contributed by atoms with van der Waals surface area (Å²) in [6.45, 7) is 0. The van der Waals surface area contributed by atoms with E-state index in [0.717, 1.165) is 35.2 Å². The van der Waals surface area contributed by atoms with Crippen molar-refractivity contribution in [2.45, 2.75) is 25.7 Å². The van der Waals surface area contributed by atoms with Crippen LogP contribution in [0.5, 0.6) is 0 Å². The highest BCUT2D eigenvalue weighted by molar-refractivity contribution is 7.09. The van der Waals surface area contributed by atoms with E-state index in [4.69, 9.17) is 5.73 Å². The molecule has 1 aliphatic rings. The number of rotatable bonds is 4. The third-order valence-corrected chi connectivity index (χ3v) is 3.95. The maximum Gasteiger partial charge on any atom is 0.324 e. The first-order valence-corrected chi connectivity index (χ1v) is 6.80. The average Bonchev–Trinajstić information content (AvgIpc) is 2.87. The number of nitrogens with two attached hydrogens (primary N) is 1. The van der Waals surface area contributed by atoms with Gasteiger partial charge in [-0.2, -0.15) is 0 Å². The number of aryl methyl sites for hydroxylation is 1. The van der Waals surface area contributed by atoms with Crippen LogP contribution in [0.3, 0.4) is 0 Å². The van der Waals surface area contributed by atoms with Gasteiger partial charge in [0.05, 0.1) is 4.88 Å². The largest absolute Gasteiger partial charge is 0.351 e. The molecule has 1 aliphatic carbocycles. The molecule has 2 aromatic heterocycles. The summed E-state index contributed by atoms with van der Waals surface area (Å²) in [7, 11) is 0. The highest BCUT2D eigenvalue weighted by atomic mass is 32.1. The Balaban J connectivity index is 1.87. The first-order chi connectivity index (χ1) is 8.74. The van der Waals surface area contributed by atoms with Gasteiger partial charge in [0.2, 0.25) is 0 Å². The van der Waals surface area contributed by atoms with Crippen LogP contribution in [-0.2, 0) is 6.42 Å². The summed E-state index contributed by atoms with van der Waals surface area (Å²) in [5.74, 6) is 1.58. The van der Waals surface area contributed by atoms with Crippen molar-refractivity contribution in [2.24, 2.45) is 11.7 Å². The Kier molecular flexibility index (Phi) is 2.87. The molecule has 6 heteroatoms. The van der Waals surface area contributed by atoms with E-state index >= 15 is 0 Å². The Labute approximate surface area is 109 Å². The van der Waals surface area contributed by atoms with Gasteiger partial charge in [0.25, 0.3) is 0 Å². The number of hydrogen-bond donors (Lipinski definition) is 1. The van der Waals surface area contributed by atoms with Crippen molar-refractivity contribution in [3.05, 3.63) is 24.3 Å². The lowest BCUT2D eigenvalue weighted by Gasteiger charge is -2.01. The summed E-state index contributed by atoms with van der Waals surface area (Å²) >= 11 is 1.37. The summed E-state index contributed by atoms with van der Waals surface area (Å²) in [5, 5.41) is 0. The summed E-state index contributed by atoms with van der Waals surface area (Å²) < 4.78 is 5.50. The number of imidazole rings is 1. The first-order valence-electron chi connectivity index (χ1n) is 6.03. The van der Waals surface area contributed by atoms with Crippen LogP contribution < -0.4 is 5.73 Å². The Bertz CT molecular complexity index is 557. The molecule has 2 heterocycles. The van der Waals surface area contributed by atoms with Crippen LogP contribution in [0.15, 0.2) is 18.5 Å². The molecule has 94 valence electrons. The average molecular weight is 262 g/mol. The lowest BCUT2D eigenvalue weighted by atomic mass is 10.2. The second kappa shape index (κ2) is 4.53. The molecule has 0 aromatic carbocycles. The monoisotopic (exact) mass is 262 g/mol. The van der Waals surface area contributed by atoms with E-state index in [2.05, 4.69) is 9.36 Å². The van der Waals surface area contributed by atoms with Crippen molar-refractivity contribution >= 4 is 17.6 Å². The van der Waals surface area contributed by atoms with Crippen LogP contribution in [0.25, 0.3) is 10.6 Å². The molecule has 0 spiro atoms. The van der Waals surface area contributed by atoms with Crippen molar-refractivity contribution in [1.82, 2.24) is 13.9 Å². The predicted molar refractivity (Wildman–Crippen MR) is 69.4 cm³/mol. The number of nitrogens with zero attached hydrogens (tertiary/aromatic N) is 3. The molecule has 2 N–H and O–H groups in total. The Morgan fingerprint density at radius 3 is 3.00 bits per heavy atom. The van der Waals surface area contributed by atoms with E-state index in [1.807, 2.05) is 6.07 Å². The van der Waals surface area contributed by atoms with Crippen molar-refractivity contribution in [3.63, 3.8) is 0 Å². The summed E-state index contributed by atoms with van der Waals surface area (Å²) in [4.78, 5) is 16.9. The number of hydrogen-bond acceptors (Lipinski definition) is 4. The van der Waals surface area contributed by atoms with Crippen LogP contribution in [0, 0.1) is 5.92 Å². The van der Waals surface area contributed by atoms with Crippen LogP contribution in [-0.4, -0.2) is 20.0 Å². The maximum absolute atomic E-state index is 11.4. The lowest BCUT2D eigenvalue weighted by molar-refractivity contribution is 0.249. The molecule has 2 aromatic rings. The third kappa shape index (κ3) is 2.28. The fourth-order valence-corrected chi connectivity index (χ4v) is 2.54. The molecule has 5 nitrogen and oxygen atoms in total. The fourth-order valence-electron chi connectivity index (χ4n) is 1.99. The number of aromatic nitrogens is 3. The van der Waals surface area contributed by atoms with E-state index in [1.54, 1.807) is 12.4 Å². The standard InChI is InChI=1S/C12H14N4OS/c13-12(17)16-7-9(10-5-6-14-18-10)15-11(16)4-3-8-1-2-8/h5-8H,1-4H2,(H2,13,17). The Morgan fingerprint density at radius 1 is 1.56 bits per heavy atom. The minimum absolute atomic E-state index is 0.468. The van der Waals surface area contributed by atoms with Crippen LogP contribution in [0.4, 0.5) is 4.79 Å². The van der Waals surface area contributed by atoms with Crippen molar-refractivity contribution in [1.29, 1.82) is 0 Å². The number of carbonyl (C=O) groups excluding carboxylic acids is 1. The van der Waals surface area contributed by atoms with Gasteiger partial charge in [-0.05, 0) is 29.9 Å². The lowest BCUT2D eigenvalue weighted by Crippen LogP contribution is -2.21. The van der Waals surface area contributed by atoms with Gasteiger partial charge in [0.1, 0.15) is 11.5 Å². The smallest absolute Gasteiger partial charge is 0.324 e. The maximum atomic E-state index is 11.4. The fraction of sp³-hybridized carbons (Fsp3) is 0.417. The van der Waals surface area contributed by atoms with Gasteiger partial charge in [-0.15, -0.1) is 0 Å². The highest BCUT2D eigenvalue weighted by Crippen LogP contribution is 2.33. The quantitative estimate of drug-likeness (QED) is 0.918. The predicted octanol–water partition coefficient (Wildman–Crippen LogP) is 2.28. The second-order valence-electron chi connectivity index (χ2n) is 4.61. The minimum Gasteiger partial charge on any atom is -0.351 e. The van der Waals surface area contributed by atoms with E-state index < -0.39 is 6.03 Å². The molecule has 1 amide bonds. The number of primary amides is 1. The Hall–Kier alpha value is -1.69. The zero-order valence-electron chi connectivity index (χ0n) is 9.87. The van der Waals surface area contributed by atoms with E-state index in [0.29, 0.717) is 0 Å². The molecular formula is C12H14N4OS. The zero-order chi connectivity index (χ0) is 12.5. The molecule has 0 atom stereocenters. The Morgan fingerprint density at radius 2 is 2.39 bits per heavy atom. The first kappa shape index (κ1) is 11.4. The van der Waals surface area contributed by atoms with E-state index in [1.165, 1.54) is 28.9 Å². The molecule has 0 unspecified atom stereocenters. The summed E-state index contributed by atoms with van der Waals surface area (Å²) in [6, 6.07) is 1.42. The molecular weight excluding hydrogens is 248 g/mol. The molecule has 0 bridgehead atoms. The molecule has 0 aliphatic heterocycles. The normalized spacial score (nSPS) is 14.9. The zero-order valence-corrected chi connectivity index (χ0v) is 10.7. The van der Waals surface area contributed by atoms with Gasteiger partial charge in [0.15, 0.2) is 0 Å². The topological polar surface area (TPSA) is 73.8 Å². The van der Waals surface area contributed by atoms with Crippen molar-refractivity contribution in [3.8, 4) is 10.6 Å². The van der Waals surface area contributed by atoms with Gasteiger partial charge < -0.3 is 5.73 Å². The minimum atomic E-state index is -0.468. The van der Waals surface area contributed by atoms with E-state index in [9.17, 15) is 4.79 Å². The summed E-state index contributed by atoms with van der Waals surface area (Å²) in [5.41, 5.74) is 6.15. The second-order valence-corrected chi connectivity index (χ2v) is 5.44. The van der Waals surface area contributed by atoms with Crippen LogP contribution in [0.2, 0.25) is 0 Å². The van der Waals surface area contributed by atoms with Gasteiger partial charge in [0, 0.05) is 18.8 Å². The molecule has 0 radical (unpaired) electrons. The molecule has 1 saturated carbocycles. The molecule has 1 fully saturated rings. The van der Waals surface area contributed by atoms with Gasteiger partial charge in [-0.25, -0.2) is 14.2 Å². The van der Waals surface area contributed by atoms with Crippen LogP contribution >= 0.6 is 11.5 Å². The number of carbonyl (C=O) groups is 1. The van der Waals surface area contributed by atoms with Crippen LogP contribution in [0.1, 0.15) is 25.1 Å². The molecule has 3 rings (SSSR count). The molecule has 18 heavy (non-hydrogen) atoms. The van der Waals surface area contributed by atoms with Gasteiger partial charge in [-0.3, -0.25) is 4.57 Å². The van der Waals surface area contributed by atoms with Gasteiger partial charge in [-0.1, -0.05) is 12.8 Å². The van der Waals surface area contributed by atoms with E-state index in [-0.39, 0.29) is 0 Å². The number of amides is 1. The summed E-state index contributed by atoms with van der Waals surface area (Å²) in [6.07, 6.45) is 7.95. The highest BCUT2D eigenvalue weighted by Gasteiger charge is 2.22.